The Morgan fingerprint density at radius 1 is 1.07 bits per heavy atom. The molecule has 2 aromatic heterocycles. The molecule has 9 heteroatoms. The molecule has 0 fully saturated rings. The minimum atomic E-state index is -4.61. The highest BCUT2D eigenvalue weighted by Gasteiger charge is 2.33. The minimum Gasteiger partial charge on any atom is -0.264 e. The quantitative estimate of drug-likeness (QED) is 0.555. The van der Waals surface area contributed by atoms with Crippen LogP contribution in [0.4, 0.5) is 13.2 Å². The fourth-order valence-corrected chi connectivity index (χ4v) is 4.82. The van der Waals surface area contributed by atoms with E-state index >= 15 is 0 Å². The van der Waals surface area contributed by atoms with Gasteiger partial charge in [0.2, 0.25) is 10.0 Å². The van der Waals surface area contributed by atoms with Gasteiger partial charge in [0, 0.05) is 30.4 Å². The van der Waals surface area contributed by atoms with Crippen LogP contribution in [0.15, 0.2) is 71.2 Å². The number of benzene rings is 1. The van der Waals surface area contributed by atoms with Crippen LogP contribution >= 0.6 is 11.3 Å². The Labute approximate surface area is 165 Å². The summed E-state index contributed by atoms with van der Waals surface area (Å²) >= 11 is 1.50. The van der Waals surface area contributed by atoms with Crippen molar-refractivity contribution in [2.24, 2.45) is 0 Å². The largest absolute Gasteiger partial charge is 0.416 e. The first-order valence-corrected chi connectivity index (χ1v) is 10.7. The maximum Gasteiger partial charge on any atom is 0.416 e. The van der Waals surface area contributed by atoms with Crippen molar-refractivity contribution < 1.29 is 21.6 Å². The second-order valence-electron chi connectivity index (χ2n) is 6.05. The molecular weight excluding hydrogens is 409 g/mol. The van der Waals surface area contributed by atoms with E-state index in [1.807, 2.05) is 17.5 Å². The van der Waals surface area contributed by atoms with Crippen molar-refractivity contribution in [1.29, 1.82) is 0 Å². The number of rotatable bonds is 7. The summed E-state index contributed by atoms with van der Waals surface area (Å²) in [6.45, 7) is 0.172. The molecule has 0 bridgehead atoms. The van der Waals surface area contributed by atoms with Gasteiger partial charge in [-0.1, -0.05) is 18.2 Å². The molecule has 0 spiro atoms. The molecule has 0 unspecified atom stereocenters. The highest BCUT2D eigenvalue weighted by molar-refractivity contribution is 7.89. The smallest absolute Gasteiger partial charge is 0.264 e. The van der Waals surface area contributed by atoms with Gasteiger partial charge in [0.1, 0.15) is 0 Å². The van der Waals surface area contributed by atoms with Gasteiger partial charge in [-0.3, -0.25) is 4.98 Å². The third-order valence-corrected chi connectivity index (χ3v) is 6.85. The summed E-state index contributed by atoms with van der Waals surface area (Å²) in [7, 11) is -4.13. The SMILES string of the molecule is O=S(=O)(c1cccc(C(F)(F)F)c1)N(CCc1cccs1)Cc1cccnc1. The van der Waals surface area contributed by atoms with Gasteiger partial charge in [-0.15, -0.1) is 11.3 Å². The molecular formula is C19H17F3N2O2S2. The Kier molecular flexibility index (Phi) is 6.17. The number of hydrogen-bond donors (Lipinski definition) is 0. The summed E-state index contributed by atoms with van der Waals surface area (Å²) in [6, 6.07) is 11.0. The summed E-state index contributed by atoms with van der Waals surface area (Å²) in [4.78, 5) is 4.60. The lowest BCUT2D eigenvalue weighted by atomic mass is 10.2. The van der Waals surface area contributed by atoms with E-state index in [1.54, 1.807) is 24.5 Å². The van der Waals surface area contributed by atoms with E-state index in [-0.39, 0.29) is 18.0 Å². The second-order valence-corrected chi connectivity index (χ2v) is 9.03. The minimum absolute atomic E-state index is 0.0256. The molecule has 28 heavy (non-hydrogen) atoms. The zero-order valence-electron chi connectivity index (χ0n) is 14.6. The molecule has 1 aromatic carbocycles. The van der Waals surface area contributed by atoms with Crippen molar-refractivity contribution in [1.82, 2.24) is 9.29 Å². The fourth-order valence-electron chi connectivity index (χ4n) is 2.65. The molecule has 0 aliphatic heterocycles. The van der Waals surface area contributed by atoms with Crippen molar-refractivity contribution in [2.45, 2.75) is 24.0 Å². The average molecular weight is 426 g/mol. The van der Waals surface area contributed by atoms with Crippen molar-refractivity contribution in [2.75, 3.05) is 6.54 Å². The number of pyridine rings is 1. The highest BCUT2D eigenvalue weighted by Crippen LogP contribution is 2.31. The highest BCUT2D eigenvalue weighted by atomic mass is 32.2. The van der Waals surface area contributed by atoms with Gasteiger partial charge in [-0.05, 0) is 47.7 Å². The third-order valence-electron chi connectivity index (χ3n) is 4.07. The first-order valence-electron chi connectivity index (χ1n) is 8.35. The summed E-state index contributed by atoms with van der Waals surface area (Å²) in [6.07, 6.45) is -1.03. The molecule has 0 radical (unpaired) electrons. The molecule has 0 aliphatic rings. The lowest BCUT2D eigenvalue weighted by Crippen LogP contribution is -2.32. The average Bonchev–Trinajstić information content (AvgIpc) is 3.19. The molecule has 0 amide bonds. The van der Waals surface area contributed by atoms with Gasteiger partial charge >= 0.3 is 6.18 Å². The van der Waals surface area contributed by atoms with E-state index in [1.165, 1.54) is 21.7 Å². The zero-order chi connectivity index (χ0) is 20.2. The monoisotopic (exact) mass is 426 g/mol. The molecule has 0 aliphatic carbocycles. The van der Waals surface area contributed by atoms with Crippen LogP contribution in [0, 0.1) is 0 Å². The van der Waals surface area contributed by atoms with E-state index in [4.69, 9.17) is 0 Å². The van der Waals surface area contributed by atoms with Crippen LogP contribution in [0.25, 0.3) is 0 Å². The molecule has 4 nitrogen and oxygen atoms in total. The van der Waals surface area contributed by atoms with Gasteiger partial charge in [0.25, 0.3) is 0 Å². The molecule has 148 valence electrons. The van der Waals surface area contributed by atoms with E-state index in [0.29, 0.717) is 18.1 Å². The van der Waals surface area contributed by atoms with E-state index in [9.17, 15) is 21.6 Å². The van der Waals surface area contributed by atoms with Crippen molar-refractivity contribution in [3.8, 4) is 0 Å². The molecule has 3 aromatic rings. The first-order chi connectivity index (χ1) is 13.3. The number of nitrogens with zero attached hydrogens (tertiary/aromatic N) is 2. The Balaban J connectivity index is 1.92. The van der Waals surface area contributed by atoms with Crippen molar-refractivity contribution >= 4 is 21.4 Å². The Morgan fingerprint density at radius 2 is 1.89 bits per heavy atom. The van der Waals surface area contributed by atoms with Crippen LogP contribution in [0.1, 0.15) is 16.0 Å². The summed E-state index contributed by atoms with van der Waals surface area (Å²) in [5.74, 6) is 0. The van der Waals surface area contributed by atoms with Crippen LogP contribution in [-0.4, -0.2) is 24.3 Å². The summed E-state index contributed by atoms with van der Waals surface area (Å²) < 4.78 is 66.5. The topological polar surface area (TPSA) is 50.3 Å². The van der Waals surface area contributed by atoms with Crippen LogP contribution in [0.3, 0.4) is 0 Å². The standard InChI is InChI=1S/C19H17F3N2O2S2/c20-19(21,22)16-5-1-7-18(12-16)28(25,26)24(10-8-17-6-3-11-27-17)14-15-4-2-9-23-13-15/h1-7,9,11-13H,8,10,14H2. The van der Waals surface area contributed by atoms with Crippen LogP contribution in [0.2, 0.25) is 0 Å². The van der Waals surface area contributed by atoms with Crippen LogP contribution in [0.5, 0.6) is 0 Å². The van der Waals surface area contributed by atoms with Crippen molar-refractivity contribution in [3.63, 3.8) is 0 Å². The molecule has 0 saturated carbocycles. The van der Waals surface area contributed by atoms with Crippen LogP contribution in [-0.2, 0) is 29.2 Å². The number of thiophene rings is 1. The van der Waals surface area contributed by atoms with E-state index in [0.717, 1.165) is 17.0 Å². The van der Waals surface area contributed by atoms with Gasteiger partial charge < -0.3 is 0 Å². The van der Waals surface area contributed by atoms with Gasteiger partial charge in [-0.2, -0.15) is 17.5 Å². The summed E-state index contributed by atoms with van der Waals surface area (Å²) in [5.41, 5.74) is -0.336. The molecule has 2 heterocycles. The first kappa shape index (κ1) is 20.5. The second kappa shape index (κ2) is 8.42. The lowest BCUT2D eigenvalue weighted by Gasteiger charge is -2.22. The maximum absolute atomic E-state index is 13.1. The van der Waals surface area contributed by atoms with Crippen molar-refractivity contribution in [3.05, 3.63) is 82.3 Å². The molecule has 0 saturated heterocycles. The Morgan fingerprint density at radius 3 is 2.54 bits per heavy atom. The molecule has 0 N–H and O–H groups in total. The normalized spacial score (nSPS) is 12.4. The summed E-state index contributed by atoms with van der Waals surface area (Å²) in [5, 5.41) is 1.89. The number of hydrogen-bond acceptors (Lipinski definition) is 4. The molecule has 0 atom stereocenters. The molecule has 3 rings (SSSR count). The Hall–Kier alpha value is -2.23. The number of alkyl halides is 3. The lowest BCUT2D eigenvalue weighted by molar-refractivity contribution is -0.137. The zero-order valence-corrected chi connectivity index (χ0v) is 16.3. The van der Waals surface area contributed by atoms with Gasteiger partial charge in [0.15, 0.2) is 0 Å². The number of sulfonamides is 1. The van der Waals surface area contributed by atoms with Gasteiger partial charge in [-0.25, -0.2) is 8.42 Å². The third kappa shape index (κ3) is 4.98. The van der Waals surface area contributed by atoms with Crippen LogP contribution < -0.4 is 0 Å². The van der Waals surface area contributed by atoms with E-state index in [2.05, 4.69) is 4.98 Å². The van der Waals surface area contributed by atoms with Gasteiger partial charge in [0.05, 0.1) is 10.5 Å². The number of halogens is 3. The fraction of sp³-hybridized carbons (Fsp3) is 0.211. The predicted octanol–water partition coefficient (Wildman–Crippen LogP) is 4.60. The Bertz CT molecular complexity index is 1010. The number of aromatic nitrogens is 1. The predicted molar refractivity (Wildman–Crippen MR) is 101 cm³/mol. The van der Waals surface area contributed by atoms with E-state index < -0.39 is 21.8 Å². The maximum atomic E-state index is 13.1.